The predicted molar refractivity (Wildman–Crippen MR) is 85.6 cm³/mol. The predicted octanol–water partition coefficient (Wildman–Crippen LogP) is 1.75. The van der Waals surface area contributed by atoms with Crippen LogP contribution in [0, 0.1) is 0 Å². The Balaban J connectivity index is 1.51. The standard InChI is InChI=1S/C16H17NO6S/c18-24(19,14-6-7-15-16(12-14)22-9-8-21-15)17-23-11-10-20-13-4-2-1-3-5-13/h1-7,12,17H,8-11H2. The minimum absolute atomic E-state index is 0.0377. The molecule has 0 spiro atoms. The van der Waals surface area contributed by atoms with Crippen LogP contribution in [0.3, 0.4) is 0 Å². The highest BCUT2D eigenvalue weighted by Gasteiger charge is 2.19. The van der Waals surface area contributed by atoms with Crippen LogP contribution in [-0.2, 0) is 14.9 Å². The fourth-order valence-electron chi connectivity index (χ4n) is 2.08. The van der Waals surface area contributed by atoms with Gasteiger partial charge in [-0.15, -0.1) is 0 Å². The van der Waals surface area contributed by atoms with E-state index in [0.29, 0.717) is 30.5 Å². The van der Waals surface area contributed by atoms with Crippen LogP contribution >= 0.6 is 0 Å². The van der Waals surface area contributed by atoms with Crippen LogP contribution in [0.4, 0.5) is 0 Å². The van der Waals surface area contributed by atoms with Crippen molar-refractivity contribution >= 4 is 10.0 Å². The Bertz CT molecular complexity index is 778. The van der Waals surface area contributed by atoms with Crippen molar-refractivity contribution in [2.24, 2.45) is 0 Å². The first-order chi connectivity index (χ1) is 11.6. The molecular formula is C16H17NO6S. The van der Waals surface area contributed by atoms with Gasteiger partial charge in [0, 0.05) is 6.07 Å². The molecule has 8 heteroatoms. The first-order valence-electron chi connectivity index (χ1n) is 7.36. The summed E-state index contributed by atoms with van der Waals surface area (Å²) in [5.74, 6) is 1.62. The molecule has 1 heterocycles. The quantitative estimate of drug-likeness (QED) is 0.604. The smallest absolute Gasteiger partial charge is 0.262 e. The summed E-state index contributed by atoms with van der Waals surface area (Å²) in [6.45, 7) is 1.12. The second-order valence-corrected chi connectivity index (χ2v) is 6.55. The van der Waals surface area contributed by atoms with Gasteiger partial charge in [0.15, 0.2) is 11.5 Å². The molecule has 128 valence electrons. The molecule has 0 radical (unpaired) electrons. The number of benzene rings is 2. The Morgan fingerprint density at radius 3 is 2.50 bits per heavy atom. The maximum absolute atomic E-state index is 12.2. The summed E-state index contributed by atoms with van der Waals surface area (Å²) < 4.78 is 40.5. The van der Waals surface area contributed by atoms with E-state index >= 15 is 0 Å². The molecular weight excluding hydrogens is 334 g/mol. The number of hydrogen-bond acceptors (Lipinski definition) is 6. The molecule has 2 aromatic rings. The van der Waals surface area contributed by atoms with Crippen molar-refractivity contribution < 1.29 is 27.5 Å². The summed E-state index contributed by atoms with van der Waals surface area (Å²) in [5, 5.41) is 0. The summed E-state index contributed by atoms with van der Waals surface area (Å²) in [6.07, 6.45) is 0. The normalized spacial score (nSPS) is 13.5. The Kier molecular flexibility index (Phi) is 5.19. The number of rotatable bonds is 7. The molecule has 1 aliphatic rings. The van der Waals surface area contributed by atoms with Crippen molar-refractivity contribution in [2.75, 3.05) is 26.4 Å². The van der Waals surface area contributed by atoms with Crippen LogP contribution in [0.25, 0.3) is 0 Å². The largest absolute Gasteiger partial charge is 0.491 e. The van der Waals surface area contributed by atoms with Crippen LogP contribution in [0.15, 0.2) is 53.4 Å². The van der Waals surface area contributed by atoms with Crippen LogP contribution in [-0.4, -0.2) is 34.8 Å². The molecule has 0 amide bonds. The third-order valence-electron chi connectivity index (χ3n) is 3.19. The fraction of sp³-hybridized carbons (Fsp3) is 0.250. The second kappa shape index (κ2) is 7.52. The van der Waals surface area contributed by atoms with E-state index in [9.17, 15) is 8.42 Å². The van der Waals surface area contributed by atoms with E-state index in [4.69, 9.17) is 19.0 Å². The summed E-state index contributed by atoms with van der Waals surface area (Å²) in [4.78, 5) is 7.09. The Morgan fingerprint density at radius 1 is 0.958 bits per heavy atom. The van der Waals surface area contributed by atoms with Crippen LogP contribution < -0.4 is 19.1 Å². The zero-order valence-corrected chi connectivity index (χ0v) is 13.6. The van der Waals surface area contributed by atoms with Gasteiger partial charge in [-0.3, -0.25) is 4.84 Å². The van der Waals surface area contributed by atoms with Crippen molar-refractivity contribution in [3.8, 4) is 17.2 Å². The van der Waals surface area contributed by atoms with E-state index in [0.717, 1.165) is 0 Å². The molecule has 0 saturated carbocycles. The van der Waals surface area contributed by atoms with Gasteiger partial charge in [-0.1, -0.05) is 23.1 Å². The second-order valence-electron chi connectivity index (χ2n) is 4.90. The van der Waals surface area contributed by atoms with Gasteiger partial charge >= 0.3 is 0 Å². The van der Waals surface area contributed by atoms with E-state index < -0.39 is 10.0 Å². The third kappa shape index (κ3) is 4.16. The lowest BCUT2D eigenvalue weighted by Gasteiger charge is -2.18. The maximum atomic E-state index is 12.2. The number of fused-ring (bicyclic) bond motifs is 1. The zero-order valence-electron chi connectivity index (χ0n) is 12.8. The molecule has 2 aromatic carbocycles. The molecule has 0 aromatic heterocycles. The Morgan fingerprint density at radius 2 is 1.71 bits per heavy atom. The van der Waals surface area contributed by atoms with Gasteiger partial charge in [-0.2, -0.15) is 0 Å². The van der Waals surface area contributed by atoms with Crippen LogP contribution in [0.5, 0.6) is 17.2 Å². The van der Waals surface area contributed by atoms with Gasteiger partial charge in [0.2, 0.25) is 0 Å². The SMILES string of the molecule is O=S(=O)(NOCCOc1ccccc1)c1ccc2c(c1)OCCO2. The first kappa shape index (κ1) is 16.6. The van der Waals surface area contributed by atoms with Gasteiger partial charge in [-0.25, -0.2) is 8.42 Å². The summed E-state index contributed by atoms with van der Waals surface area (Å²) in [7, 11) is -3.80. The molecule has 1 aliphatic heterocycles. The van der Waals surface area contributed by atoms with Gasteiger partial charge < -0.3 is 14.2 Å². The molecule has 0 saturated heterocycles. The monoisotopic (exact) mass is 351 g/mol. The third-order valence-corrected chi connectivity index (χ3v) is 4.40. The van der Waals surface area contributed by atoms with Crippen molar-refractivity contribution in [2.45, 2.75) is 4.90 Å². The topological polar surface area (TPSA) is 83.1 Å². The van der Waals surface area contributed by atoms with E-state index in [2.05, 4.69) is 4.89 Å². The highest BCUT2D eigenvalue weighted by molar-refractivity contribution is 7.89. The van der Waals surface area contributed by atoms with Crippen molar-refractivity contribution in [1.82, 2.24) is 4.89 Å². The zero-order chi connectivity index (χ0) is 16.8. The molecule has 3 rings (SSSR count). The number of nitrogens with one attached hydrogen (secondary N) is 1. The van der Waals surface area contributed by atoms with E-state index in [1.54, 1.807) is 18.2 Å². The lowest BCUT2D eigenvalue weighted by Crippen LogP contribution is -2.26. The van der Waals surface area contributed by atoms with Crippen LogP contribution in [0.2, 0.25) is 0 Å². The minimum Gasteiger partial charge on any atom is -0.491 e. The molecule has 1 N–H and O–H groups in total. The summed E-state index contributed by atoms with van der Waals surface area (Å²) >= 11 is 0. The number of sulfonamides is 1. The number of para-hydroxylation sites is 1. The molecule has 0 bridgehead atoms. The molecule has 0 aliphatic carbocycles. The van der Waals surface area contributed by atoms with Crippen molar-refractivity contribution in [3.05, 3.63) is 48.5 Å². The molecule has 24 heavy (non-hydrogen) atoms. The first-order valence-corrected chi connectivity index (χ1v) is 8.84. The lowest BCUT2D eigenvalue weighted by atomic mass is 10.3. The van der Waals surface area contributed by atoms with Crippen LogP contribution in [0.1, 0.15) is 0 Å². The molecule has 0 unspecified atom stereocenters. The molecule has 0 fully saturated rings. The highest BCUT2D eigenvalue weighted by Crippen LogP contribution is 2.32. The number of ether oxygens (including phenoxy) is 3. The van der Waals surface area contributed by atoms with Gasteiger partial charge in [0.1, 0.15) is 32.2 Å². The van der Waals surface area contributed by atoms with Gasteiger partial charge in [0.05, 0.1) is 4.90 Å². The van der Waals surface area contributed by atoms with Crippen molar-refractivity contribution in [1.29, 1.82) is 0 Å². The fourth-order valence-corrected chi connectivity index (χ4v) is 2.92. The molecule has 0 atom stereocenters. The van der Waals surface area contributed by atoms with E-state index in [1.807, 2.05) is 18.2 Å². The van der Waals surface area contributed by atoms with E-state index in [-0.39, 0.29) is 18.1 Å². The average molecular weight is 351 g/mol. The van der Waals surface area contributed by atoms with Gasteiger partial charge in [0.25, 0.3) is 10.0 Å². The molecule has 7 nitrogen and oxygen atoms in total. The van der Waals surface area contributed by atoms with Gasteiger partial charge in [-0.05, 0) is 24.3 Å². The van der Waals surface area contributed by atoms with E-state index in [1.165, 1.54) is 12.1 Å². The maximum Gasteiger partial charge on any atom is 0.262 e. The summed E-state index contributed by atoms with van der Waals surface area (Å²) in [5.41, 5.74) is 0. The summed E-state index contributed by atoms with van der Waals surface area (Å²) in [6, 6.07) is 13.6. The minimum atomic E-state index is -3.80. The lowest BCUT2D eigenvalue weighted by molar-refractivity contribution is 0.0665. The average Bonchev–Trinajstić information content (AvgIpc) is 2.62. The van der Waals surface area contributed by atoms with Crippen molar-refractivity contribution in [3.63, 3.8) is 0 Å². The Hall–Kier alpha value is -2.29. The Labute approximate surface area is 140 Å². The highest BCUT2D eigenvalue weighted by atomic mass is 32.2. The number of hydrogen-bond donors (Lipinski definition) is 1.